The van der Waals surface area contributed by atoms with Crippen LogP contribution in [0.4, 0.5) is 0 Å². The van der Waals surface area contributed by atoms with Crippen molar-refractivity contribution in [2.45, 2.75) is 122 Å². The predicted octanol–water partition coefficient (Wildman–Crippen LogP) is 8.41. The van der Waals surface area contributed by atoms with E-state index in [-0.39, 0.29) is 5.91 Å². The summed E-state index contributed by atoms with van der Waals surface area (Å²) in [7, 11) is 1.90. The van der Waals surface area contributed by atoms with E-state index in [2.05, 4.69) is 13.5 Å². The van der Waals surface area contributed by atoms with Crippen molar-refractivity contribution < 1.29 is 4.79 Å². The molecule has 2 heteroatoms. The second-order valence-electron chi connectivity index (χ2n) is 11.8. The molecule has 0 radical (unpaired) electrons. The van der Waals surface area contributed by atoms with E-state index in [1.54, 1.807) is 25.7 Å². The van der Waals surface area contributed by atoms with Crippen LogP contribution in [0, 0.1) is 35.5 Å². The molecule has 0 heterocycles. The van der Waals surface area contributed by atoms with Gasteiger partial charge in [-0.2, -0.15) is 0 Å². The zero-order valence-electron chi connectivity index (χ0n) is 21.5. The van der Waals surface area contributed by atoms with E-state index in [1.807, 2.05) is 11.9 Å². The van der Waals surface area contributed by atoms with Gasteiger partial charge < -0.3 is 4.90 Å². The lowest BCUT2D eigenvalue weighted by Crippen LogP contribution is -2.30. The number of nitrogens with zero attached hydrogens (tertiary/aromatic N) is 1. The summed E-state index contributed by atoms with van der Waals surface area (Å²) in [6.07, 6.45) is 27.8. The van der Waals surface area contributed by atoms with Crippen molar-refractivity contribution in [3.63, 3.8) is 0 Å². The van der Waals surface area contributed by atoms with Crippen LogP contribution in [0.2, 0.25) is 0 Å². The van der Waals surface area contributed by atoms with Crippen LogP contribution in [-0.2, 0) is 4.79 Å². The Bertz CT molecular complexity index is 533. The smallest absolute Gasteiger partial charge is 0.245 e. The Morgan fingerprint density at radius 2 is 1.12 bits per heavy atom. The van der Waals surface area contributed by atoms with Gasteiger partial charge >= 0.3 is 0 Å². The van der Waals surface area contributed by atoms with Crippen LogP contribution >= 0.6 is 0 Å². The number of carbonyl (C=O) groups is 1. The highest BCUT2D eigenvalue weighted by Crippen LogP contribution is 2.46. The third-order valence-electron chi connectivity index (χ3n) is 9.81. The molecule has 184 valence electrons. The molecule has 32 heavy (non-hydrogen) atoms. The molecule has 3 saturated carbocycles. The fourth-order valence-electron chi connectivity index (χ4n) is 7.55. The maximum absolute atomic E-state index is 11.6. The normalized spacial score (nSPS) is 33.6. The first kappa shape index (κ1) is 25.8. The summed E-state index contributed by atoms with van der Waals surface area (Å²) >= 11 is 0. The second-order valence-corrected chi connectivity index (χ2v) is 11.8. The molecule has 0 bridgehead atoms. The van der Waals surface area contributed by atoms with Crippen LogP contribution in [0.25, 0.3) is 0 Å². The number of hydrogen-bond donors (Lipinski definition) is 0. The summed E-state index contributed by atoms with van der Waals surface area (Å²) < 4.78 is 0. The van der Waals surface area contributed by atoms with E-state index in [0.717, 1.165) is 48.5 Å². The van der Waals surface area contributed by atoms with Gasteiger partial charge in [0.25, 0.3) is 0 Å². The molecule has 3 aliphatic carbocycles. The first-order chi connectivity index (χ1) is 15.6. The van der Waals surface area contributed by atoms with Gasteiger partial charge in [0.2, 0.25) is 5.91 Å². The highest BCUT2D eigenvalue weighted by Gasteiger charge is 2.34. The second kappa shape index (κ2) is 13.8. The van der Waals surface area contributed by atoms with Crippen molar-refractivity contribution in [2.75, 3.05) is 13.6 Å². The number of hydrogen-bond acceptors (Lipinski definition) is 1. The summed E-state index contributed by atoms with van der Waals surface area (Å²) in [5.74, 6) is 6.22. The first-order valence-electron chi connectivity index (χ1n) is 14.5. The summed E-state index contributed by atoms with van der Waals surface area (Å²) in [5, 5.41) is 0. The van der Waals surface area contributed by atoms with Crippen molar-refractivity contribution in [2.24, 2.45) is 35.5 Å². The number of amides is 1. The quantitative estimate of drug-likeness (QED) is 0.232. The molecule has 3 rings (SSSR count). The van der Waals surface area contributed by atoms with Crippen LogP contribution in [0.15, 0.2) is 12.7 Å². The van der Waals surface area contributed by atoms with Gasteiger partial charge in [0.05, 0.1) is 0 Å². The molecule has 0 N–H and O–H groups in total. The Hall–Kier alpha value is -0.790. The Morgan fingerprint density at radius 1 is 0.719 bits per heavy atom. The van der Waals surface area contributed by atoms with Gasteiger partial charge in [-0.15, -0.1) is 0 Å². The number of carbonyl (C=O) groups excluding carboxylic acids is 1. The van der Waals surface area contributed by atoms with Gasteiger partial charge in [0.15, 0.2) is 0 Å². The SMILES string of the molecule is C=CC(=O)N(C)CCCC1CCC(C2CCC(C3CCC(CCCCC)CC3)CC2)CC1. The largest absolute Gasteiger partial charge is 0.342 e. The summed E-state index contributed by atoms with van der Waals surface area (Å²) in [5.41, 5.74) is 0. The van der Waals surface area contributed by atoms with E-state index in [0.29, 0.717) is 0 Å². The zero-order chi connectivity index (χ0) is 22.8. The molecule has 0 aliphatic heterocycles. The zero-order valence-corrected chi connectivity index (χ0v) is 21.5. The topological polar surface area (TPSA) is 20.3 Å². The number of likely N-dealkylation sites (N-methyl/N-ethyl adjacent to an activating group) is 1. The van der Waals surface area contributed by atoms with Crippen LogP contribution in [-0.4, -0.2) is 24.4 Å². The van der Waals surface area contributed by atoms with E-state index in [4.69, 9.17) is 0 Å². The highest BCUT2D eigenvalue weighted by molar-refractivity contribution is 5.86. The maximum atomic E-state index is 11.6. The molecule has 2 nitrogen and oxygen atoms in total. The van der Waals surface area contributed by atoms with Gasteiger partial charge in [-0.05, 0) is 106 Å². The van der Waals surface area contributed by atoms with Gasteiger partial charge in [0, 0.05) is 13.6 Å². The molecule has 0 saturated heterocycles. The monoisotopic (exact) mass is 443 g/mol. The molecule has 0 aromatic heterocycles. The molecule has 0 atom stereocenters. The average molecular weight is 444 g/mol. The standard InChI is InChI=1S/C30H53NO/c1-4-6-7-9-24-11-15-26(16-12-24)28-19-21-29(22-20-28)27-17-13-25(14-18-27)10-8-23-31(3)30(32)5-2/h5,24-29H,2,4,6-23H2,1,3H3. The fraction of sp³-hybridized carbons (Fsp3) is 0.900. The molecule has 0 spiro atoms. The van der Waals surface area contributed by atoms with Crippen molar-refractivity contribution in [1.29, 1.82) is 0 Å². The lowest BCUT2D eigenvalue weighted by atomic mass is 9.64. The molecule has 1 amide bonds. The molecule has 0 aromatic rings. The van der Waals surface area contributed by atoms with Crippen LogP contribution in [0.3, 0.4) is 0 Å². The molecular formula is C30H53NO. The van der Waals surface area contributed by atoms with E-state index < -0.39 is 0 Å². The fourth-order valence-corrected chi connectivity index (χ4v) is 7.55. The molecular weight excluding hydrogens is 390 g/mol. The number of unbranched alkanes of at least 4 members (excludes halogenated alkanes) is 2. The third kappa shape index (κ3) is 7.91. The Balaban J connectivity index is 1.27. The van der Waals surface area contributed by atoms with Gasteiger partial charge in [-0.3, -0.25) is 4.79 Å². The lowest BCUT2D eigenvalue weighted by Gasteiger charge is -2.41. The van der Waals surface area contributed by atoms with E-state index >= 15 is 0 Å². The minimum atomic E-state index is 0.0596. The van der Waals surface area contributed by atoms with Gasteiger partial charge in [0.1, 0.15) is 0 Å². The third-order valence-corrected chi connectivity index (χ3v) is 9.81. The Kier molecular flexibility index (Phi) is 11.1. The van der Waals surface area contributed by atoms with Crippen molar-refractivity contribution in [1.82, 2.24) is 4.90 Å². The minimum Gasteiger partial charge on any atom is -0.342 e. The number of rotatable bonds is 11. The summed E-state index contributed by atoms with van der Waals surface area (Å²) in [4.78, 5) is 13.4. The predicted molar refractivity (Wildman–Crippen MR) is 138 cm³/mol. The van der Waals surface area contributed by atoms with Crippen molar-refractivity contribution in [3.05, 3.63) is 12.7 Å². The Morgan fingerprint density at radius 3 is 1.53 bits per heavy atom. The lowest BCUT2D eigenvalue weighted by molar-refractivity contribution is -0.124. The van der Waals surface area contributed by atoms with Crippen molar-refractivity contribution in [3.8, 4) is 0 Å². The van der Waals surface area contributed by atoms with Crippen molar-refractivity contribution >= 4 is 5.91 Å². The highest BCUT2D eigenvalue weighted by atomic mass is 16.2. The minimum absolute atomic E-state index is 0.0596. The summed E-state index contributed by atoms with van der Waals surface area (Å²) in [6, 6.07) is 0. The van der Waals surface area contributed by atoms with Crippen LogP contribution in [0.5, 0.6) is 0 Å². The van der Waals surface area contributed by atoms with Crippen LogP contribution < -0.4 is 0 Å². The first-order valence-corrected chi connectivity index (χ1v) is 14.5. The molecule has 3 aliphatic rings. The molecule has 0 unspecified atom stereocenters. The Labute approximate surface area is 200 Å². The van der Waals surface area contributed by atoms with E-state index in [9.17, 15) is 4.79 Å². The van der Waals surface area contributed by atoms with Gasteiger partial charge in [-0.1, -0.05) is 64.9 Å². The van der Waals surface area contributed by atoms with E-state index in [1.165, 1.54) is 89.5 Å². The van der Waals surface area contributed by atoms with Crippen LogP contribution in [0.1, 0.15) is 122 Å². The summed E-state index contributed by atoms with van der Waals surface area (Å²) in [6.45, 7) is 6.80. The van der Waals surface area contributed by atoms with Gasteiger partial charge in [-0.25, -0.2) is 0 Å². The molecule has 3 fully saturated rings. The molecule has 0 aromatic carbocycles. The average Bonchev–Trinajstić information content (AvgIpc) is 2.84. The maximum Gasteiger partial charge on any atom is 0.245 e.